The van der Waals surface area contributed by atoms with Crippen molar-refractivity contribution in [2.24, 2.45) is 5.73 Å². The van der Waals surface area contributed by atoms with Crippen molar-refractivity contribution in [2.45, 2.75) is 19.4 Å². The molecule has 1 unspecified atom stereocenters. The largest absolute Gasteiger partial charge is 0.493 e. The Kier molecular flexibility index (Phi) is 3.36. The van der Waals surface area contributed by atoms with Gasteiger partial charge in [-0.15, -0.1) is 0 Å². The minimum atomic E-state index is -0.851. The number of nitrogens with two attached hydrogens (primary N) is 1. The third-order valence-electron chi connectivity index (χ3n) is 2.71. The van der Waals surface area contributed by atoms with Crippen LogP contribution >= 0.6 is 0 Å². The van der Waals surface area contributed by atoms with E-state index < -0.39 is 18.0 Å². The van der Waals surface area contributed by atoms with Crippen molar-refractivity contribution >= 4 is 17.6 Å². The Bertz CT molecular complexity index is 487. The van der Waals surface area contributed by atoms with Crippen molar-refractivity contribution in [2.75, 3.05) is 11.9 Å². The summed E-state index contributed by atoms with van der Waals surface area (Å²) in [6, 6.07) is 4.24. The minimum absolute atomic E-state index is 0.459. The van der Waals surface area contributed by atoms with Gasteiger partial charge in [-0.1, -0.05) is 0 Å². The SMILES string of the molecule is CC(Nc1ccc2c(c1)CCO2)C(=O)NC(N)=O. The Morgan fingerprint density at radius 2 is 2.22 bits per heavy atom. The zero-order valence-corrected chi connectivity index (χ0v) is 10.0. The monoisotopic (exact) mass is 249 g/mol. The third-order valence-corrected chi connectivity index (χ3v) is 2.71. The van der Waals surface area contributed by atoms with Gasteiger partial charge in [0.15, 0.2) is 0 Å². The number of anilines is 1. The zero-order valence-electron chi connectivity index (χ0n) is 10.0. The maximum atomic E-state index is 11.5. The molecule has 0 aliphatic carbocycles. The highest BCUT2D eigenvalue weighted by atomic mass is 16.5. The topological polar surface area (TPSA) is 93.4 Å². The second-order valence-electron chi connectivity index (χ2n) is 4.14. The number of hydrogen-bond acceptors (Lipinski definition) is 4. The van der Waals surface area contributed by atoms with Crippen molar-refractivity contribution in [3.63, 3.8) is 0 Å². The van der Waals surface area contributed by atoms with Crippen LogP contribution < -0.4 is 21.1 Å². The Morgan fingerprint density at radius 1 is 1.44 bits per heavy atom. The molecule has 2 rings (SSSR count). The van der Waals surface area contributed by atoms with Crippen molar-refractivity contribution in [3.05, 3.63) is 23.8 Å². The molecule has 1 aromatic rings. The molecule has 1 aliphatic heterocycles. The van der Waals surface area contributed by atoms with Crippen molar-refractivity contribution in [1.82, 2.24) is 5.32 Å². The molecule has 18 heavy (non-hydrogen) atoms. The summed E-state index contributed by atoms with van der Waals surface area (Å²) in [4.78, 5) is 22.1. The fourth-order valence-electron chi connectivity index (χ4n) is 1.82. The molecule has 0 aromatic heterocycles. The highest BCUT2D eigenvalue weighted by molar-refractivity contribution is 5.97. The van der Waals surface area contributed by atoms with Gasteiger partial charge >= 0.3 is 6.03 Å². The lowest BCUT2D eigenvalue weighted by Crippen LogP contribution is -2.43. The number of carbonyl (C=O) groups is 2. The number of imide groups is 1. The van der Waals surface area contributed by atoms with Crippen LogP contribution in [0.4, 0.5) is 10.5 Å². The molecule has 96 valence electrons. The third kappa shape index (κ3) is 2.71. The highest BCUT2D eigenvalue weighted by Gasteiger charge is 2.16. The molecule has 0 fully saturated rings. The first-order chi connectivity index (χ1) is 8.56. The van der Waals surface area contributed by atoms with Gasteiger partial charge in [0.2, 0.25) is 5.91 Å². The van der Waals surface area contributed by atoms with Crippen LogP contribution in [-0.4, -0.2) is 24.6 Å². The average molecular weight is 249 g/mol. The van der Waals surface area contributed by atoms with Gasteiger partial charge in [0.25, 0.3) is 0 Å². The predicted octanol–water partition coefficient (Wildman–Crippen LogP) is 0.617. The molecule has 1 aromatic carbocycles. The molecule has 0 saturated carbocycles. The average Bonchev–Trinajstić information content (AvgIpc) is 2.75. The molecule has 6 nitrogen and oxygen atoms in total. The van der Waals surface area contributed by atoms with E-state index in [2.05, 4.69) is 5.32 Å². The van der Waals surface area contributed by atoms with E-state index in [-0.39, 0.29) is 0 Å². The number of ether oxygens (including phenoxy) is 1. The van der Waals surface area contributed by atoms with Gasteiger partial charge < -0.3 is 15.8 Å². The Balaban J connectivity index is 2.01. The van der Waals surface area contributed by atoms with Crippen LogP contribution in [0.2, 0.25) is 0 Å². The Morgan fingerprint density at radius 3 is 2.94 bits per heavy atom. The van der Waals surface area contributed by atoms with Gasteiger partial charge in [-0.3, -0.25) is 10.1 Å². The van der Waals surface area contributed by atoms with Crippen LogP contribution in [-0.2, 0) is 11.2 Å². The number of fused-ring (bicyclic) bond motifs is 1. The molecule has 0 spiro atoms. The lowest BCUT2D eigenvalue weighted by atomic mass is 10.1. The normalized spacial score (nSPS) is 14.3. The van der Waals surface area contributed by atoms with E-state index >= 15 is 0 Å². The summed E-state index contributed by atoms with van der Waals surface area (Å²) in [6.07, 6.45) is 0.868. The quantitative estimate of drug-likeness (QED) is 0.732. The van der Waals surface area contributed by atoms with Crippen LogP contribution in [0.5, 0.6) is 5.75 Å². The molecule has 0 saturated heterocycles. The van der Waals surface area contributed by atoms with E-state index in [0.717, 1.165) is 23.4 Å². The standard InChI is InChI=1S/C12H15N3O3/c1-7(11(16)15-12(13)17)14-9-2-3-10-8(6-9)4-5-18-10/h2-3,6-7,14H,4-5H2,1H3,(H3,13,15,16,17). The Hall–Kier alpha value is -2.24. The van der Waals surface area contributed by atoms with E-state index in [1.807, 2.05) is 23.5 Å². The fourth-order valence-corrected chi connectivity index (χ4v) is 1.82. The summed E-state index contributed by atoms with van der Waals surface area (Å²) in [5, 5.41) is 5.03. The maximum Gasteiger partial charge on any atom is 0.318 e. The molecule has 0 bridgehead atoms. The molecular weight excluding hydrogens is 234 g/mol. The summed E-state index contributed by atoms with van der Waals surface area (Å²) in [5.74, 6) is 0.425. The van der Waals surface area contributed by atoms with Gasteiger partial charge in [-0.2, -0.15) is 0 Å². The van der Waals surface area contributed by atoms with Crippen molar-refractivity contribution < 1.29 is 14.3 Å². The molecule has 1 atom stereocenters. The first-order valence-electron chi connectivity index (χ1n) is 5.69. The second-order valence-corrected chi connectivity index (χ2v) is 4.14. The van der Waals surface area contributed by atoms with Gasteiger partial charge in [-0.25, -0.2) is 4.79 Å². The van der Waals surface area contributed by atoms with Crippen LogP contribution in [0.1, 0.15) is 12.5 Å². The van der Waals surface area contributed by atoms with E-state index in [1.54, 1.807) is 6.92 Å². The second kappa shape index (κ2) is 4.95. The fraction of sp³-hybridized carbons (Fsp3) is 0.333. The van der Waals surface area contributed by atoms with Crippen LogP contribution in [0, 0.1) is 0 Å². The number of rotatable bonds is 3. The van der Waals surface area contributed by atoms with E-state index in [4.69, 9.17) is 10.5 Å². The van der Waals surface area contributed by atoms with Gasteiger partial charge in [0.05, 0.1) is 6.61 Å². The van der Waals surface area contributed by atoms with Crippen LogP contribution in [0.3, 0.4) is 0 Å². The highest BCUT2D eigenvalue weighted by Crippen LogP contribution is 2.27. The van der Waals surface area contributed by atoms with E-state index in [9.17, 15) is 9.59 Å². The molecule has 3 amide bonds. The lowest BCUT2D eigenvalue weighted by molar-refractivity contribution is -0.120. The number of amides is 3. The Labute approximate surface area is 104 Å². The summed E-state index contributed by atoms with van der Waals surface area (Å²) < 4.78 is 5.39. The number of nitrogens with one attached hydrogen (secondary N) is 2. The lowest BCUT2D eigenvalue weighted by Gasteiger charge is -2.14. The first kappa shape index (κ1) is 12.2. The summed E-state index contributed by atoms with van der Waals surface area (Å²) in [6.45, 7) is 2.35. The predicted molar refractivity (Wildman–Crippen MR) is 66.5 cm³/mol. The smallest absolute Gasteiger partial charge is 0.318 e. The van der Waals surface area contributed by atoms with Crippen molar-refractivity contribution in [1.29, 1.82) is 0 Å². The van der Waals surface area contributed by atoms with E-state index in [0.29, 0.717) is 6.61 Å². The minimum Gasteiger partial charge on any atom is -0.493 e. The number of urea groups is 1. The van der Waals surface area contributed by atoms with Gasteiger partial charge in [-0.05, 0) is 30.7 Å². The molecule has 1 heterocycles. The molecule has 1 aliphatic rings. The summed E-state index contributed by atoms with van der Waals surface area (Å²) in [7, 11) is 0. The van der Waals surface area contributed by atoms with Crippen LogP contribution in [0.15, 0.2) is 18.2 Å². The zero-order chi connectivity index (χ0) is 13.1. The summed E-state index contributed by atoms with van der Waals surface area (Å²) in [5.41, 5.74) is 6.81. The number of benzene rings is 1. The molecule has 4 N–H and O–H groups in total. The van der Waals surface area contributed by atoms with Gasteiger partial charge in [0.1, 0.15) is 11.8 Å². The molecule has 0 radical (unpaired) electrons. The van der Waals surface area contributed by atoms with Crippen LogP contribution in [0.25, 0.3) is 0 Å². The maximum absolute atomic E-state index is 11.5. The first-order valence-corrected chi connectivity index (χ1v) is 5.69. The molecule has 6 heteroatoms. The van der Waals surface area contributed by atoms with E-state index in [1.165, 1.54) is 0 Å². The number of carbonyl (C=O) groups excluding carboxylic acids is 2. The number of hydrogen-bond donors (Lipinski definition) is 3. The number of primary amides is 1. The molecular formula is C12H15N3O3. The van der Waals surface area contributed by atoms with Crippen molar-refractivity contribution in [3.8, 4) is 5.75 Å². The van der Waals surface area contributed by atoms with Gasteiger partial charge in [0, 0.05) is 12.1 Å². The summed E-state index contributed by atoms with van der Waals surface area (Å²) >= 11 is 0.